The van der Waals surface area contributed by atoms with Gasteiger partial charge in [0, 0.05) is 18.7 Å². The van der Waals surface area contributed by atoms with Crippen molar-refractivity contribution in [3.63, 3.8) is 0 Å². The summed E-state index contributed by atoms with van der Waals surface area (Å²) >= 11 is 6.07. The first kappa shape index (κ1) is 15.4. The highest BCUT2D eigenvalue weighted by Gasteiger charge is 2.10. The third kappa shape index (κ3) is 5.34. The molecule has 0 aliphatic heterocycles. The Morgan fingerprint density at radius 2 is 2.22 bits per heavy atom. The summed E-state index contributed by atoms with van der Waals surface area (Å²) in [6, 6.07) is 4.54. The van der Waals surface area contributed by atoms with Crippen LogP contribution in [-0.4, -0.2) is 26.8 Å². The second kappa shape index (κ2) is 8.46. The van der Waals surface area contributed by atoms with Crippen LogP contribution in [0.1, 0.15) is 18.9 Å². The minimum Gasteiger partial charge on any atom is -0.383 e. The maximum absolute atomic E-state index is 13.2. The summed E-state index contributed by atoms with van der Waals surface area (Å²) in [5, 5.41) is 3.97. The van der Waals surface area contributed by atoms with E-state index in [1.165, 1.54) is 12.1 Å². The van der Waals surface area contributed by atoms with Crippen LogP contribution >= 0.6 is 11.6 Å². The van der Waals surface area contributed by atoms with Gasteiger partial charge in [0.05, 0.1) is 6.61 Å². The SMILES string of the molecule is CCC(CNCCOC)Cc1cc(F)ccc1Cl. The number of methoxy groups -OCH3 is 1. The van der Waals surface area contributed by atoms with Crippen molar-refractivity contribution in [1.82, 2.24) is 5.32 Å². The molecule has 0 saturated heterocycles. The smallest absolute Gasteiger partial charge is 0.123 e. The molecule has 1 rings (SSSR count). The molecule has 2 nitrogen and oxygen atoms in total. The molecule has 18 heavy (non-hydrogen) atoms. The fraction of sp³-hybridized carbons (Fsp3) is 0.571. The second-order valence-corrected chi connectivity index (χ2v) is 4.82. The fourth-order valence-electron chi connectivity index (χ4n) is 1.85. The first-order valence-electron chi connectivity index (χ1n) is 6.31. The van der Waals surface area contributed by atoms with Crippen LogP contribution in [0.25, 0.3) is 0 Å². The van der Waals surface area contributed by atoms with Crippen LogP contribution in [0.3, 0.4) is 0 Å². The van der Waals surface area contributed by atoms with Crippen LogP contribution in [0.15, 0.2) is 18.2 Å². The van der Waals surface area contributed by atoms with Gasteiger partial charge in [-0.3, -0.25) is 0 Å². The Labute approximate surface area is 113 Å². The highest BCUT2D eigenvalue weighted by molar-refractivity contribution is 6.31. The Balaban J connectivity index is 2.48. The lowest BCUT2D eigenvalue weighted by Gasteiger charge is -2.16. The van der Waals surface area contributed by atoms with E-state index < -0.39 is 0 Å². The number of hydrogen-bond acceptors (Lipinski definition) is 2. The van der Waals surface area contributed by atoms with Gasteiger partial charge in [-0.15, -0.1) is 0 Å². The molecule has 0 radical (unpaired) electrons. The van der Waals surface area contributed by atoms with Gasteiger partial charge in [-0.2, -0.15) is 0 Å². The molecule has 102 valence electrons. The minimum atomic E-state index is -0.225. The van der Waals surface area contributed by atoms with Crippen molar-refractivity contribution < 1.29 is 9.13 Å². The fourth-order valence-corrected chi connectivity index (χ4v) is 2.05. The monoisotopic (exact) mass is 273 g/mol. The maximum atomic E-state index is 13.2. The normalized spacial score (nSPS) is 12.7. The first-order chi connectivity index (χ1) is 8.67. The zero-order valence-corrected chi connectivity index (χ0v) is 11.8. The van der Waals surface area contributed by atoms with Gasteiger partial charge in [-0.05, 0) is 42.6 Å². The Morgan fingerprint density at radius 1 is 1.44 bits per heavy atom. The van der Waals surface area contributed by atoms with Gasteiger partial charge in [0.25, 0.3) is 0 Å². The average molecular weight is 274 g/mol. The summed E-state index contributed by atoms with van der Waals surface area (Å²) in [6.07, 6.45) is 1.83. The van der Waals surface area contributed by atoms with E-state index in [9.17, 15) is 4.39 Å². The Morgan fingerprint density at radius 3 is 2.89 bits per heavy atom. The zero-order valence-electron chi connectivity index (χ0n) is 11.0. The molecule has 0 amide bonds. The highest BCUT2D eigenvalue weighted by Crippen LogP contribution is 2.21. The van der Waals surface area contributed by atoms with Gasteiger partial charge in [-0.25, -0.2) is 4.39 Å². The Kier molecular flexibility index (Phi) is 7.25. The lowest BCUT2D eigenvalue weighted by atomic mass is 9.96. The van der Waals surface area contributed by atoms with E-state index >= 15 is 0 Å². The topological polar surface area (TPSA) is 21.3 Å². The summed E-state index contributed by atoms with van der Waals surface area (Å²) < 4.78 is 18.1. The molecule has 1 aromatic carbocycles. The summed E-state index contributed by atoms with van der Waals surface area (Å²) in [5.74, 6) is 0.234. The molecule has 0 saturated carbocycles. The minimum absolute atomic E-state index is 0.225. The van der Waals surface area contributed by atoms with Crippen LogP contribution in [-0.2, 0) is 11.2 Å². The molecule has 0 heterocycles. The molecule has 0 aromatic heterocycles. The highest BCUT2D eigenvalue weighted by atomic mass is 35.5. The molecule has 0 spiro atoms. The van der Waals surface area contributed by atoms with Crippen molar-refractivity contribution >= 4 is 11.6 Å². The molecule has 4 heteroatoms. The zero-order chi connectivity index (χ0) is 13.4. The van der Waals surface area contributed by atoms with Crippen LogP contribution < -0.4 is 5.32 Å². The number of nitrogens with one attached hydrogen (secondary N) is 1. The average Bonchev–Trinajstić information content (AvgIpc) is 2.37. The lowest BCUT2D eigenvalue weighted by molar-refractivity contribution is 0.197. The largest absolute Gasteiger partial charge is 0.383 e. The lowest BCUT2D eigenvalue weighted by Crippen LogP contribution is -2.27. The van der Waals surface area contributed by atoms with E-state index in [0.29, 0.717) is 17.5 Å². The van der Waals surface area contributed by atoms with Crippen molar-refractivity contribution in [2.45, 2.75) is 19.8 Å². The van der Waals surface area contributed by atoms with E-state index in [-0.39, 0.29) is 5.82 Å². The number of rotatable bonds is 8. The second-order valence-electron chi connectivity index (χ2n) is 4.41. The van der Waals surface area contributed by atoms with Gasteiger partial charge in [0.15, 0.2) is 0 Å². The Hall–Kier alpha value is -0.640. The number of hydrogen-bond donors (Lipinski definition) is 1. The third-order valence-electron chi connectivity index (χ3n) is 3.01. The molecule has 1 aromatic rings. The molecule has 0 fully saturated rings. The number of benzene rings is 1. The molecule has 1 atom stereocenters. The summed E-state index contributed by atoms with van der Waals surface area (Å²) in [4.78, 5) is 0. The van der Waals surface area contributed by atoms with Crippen molar-refractivity contribution in [3.05, 3.63) is 34.6 Å². The van der Waals surface area contributed by atoms with Crippen molar-refractivity contribution in [2.75, 3.05) is 26.8 Å². The van der Waals surface area contributed by atoms with Crippen LogP contribution in [0.2, 0.25) is 5.02 Å². The van der Waals surface area contributed by atoms with Gasteiger partial charge in [0.2, 0.25) is 0 Å². The van der Waals surface area contributed by atoms with Gasteiger partial charge in [-0.1, -0.05) is 24.9 Å². The summed E-state index contributed by atoms with van der Waals surface area (Å²) in [5.41, 5.74) is 0.886. The van der Waals surface area contributed by atoms with E-state index in [1.54, 1.807) is 13.2 Å². The standard InChI is InChI=1S/C14H21ClFNO/c1-3-11(10-17-6-7-18-2)8-12-9-13(16)4-5-14(12)15/h4-5,9,11,17H,3,6-8,10H2,1-2H3. The van der Waals surface area contributed by atoms with Crippen LogP contribution in [0, 0.1) is 11.7 Å². The van der Waals surface area contributed by atoms with E-state index in [1.807, 2.05) is 0 Å². The van der Waals surface area contributed by atoms with Gasteiger partial charge >= 0.3 is 0 Å². The van der Waals surface area contributed by atoms with Crippen molar-refractivity contribution in [1.29, 1.82) is 0 Å². The molecule has 0 aliphatic rings. The van der Waals surface area contributed by atoms with E-state index in [4.69, 9.17) is 16.3 Å². The van der Waals surface area contributed by atoms with Crippen molar-refractivity contribution in [3.8, 4) is 0 Å². The number of ether oxygens (including phenoxy) is 1. The third-order valence-corrected chi connectivity index (χ3v) is 3.38. The van der Waals surface area contributed by atoms with Crippen LogP contribution in [0.4, 0.5) is 4.39 Å². The predicted octanol–water partition coefficient (Wildman–Crippen LogP) is 3.28. The predicted molar refractivity (Wildman–Crippen MR) is 73.6 cm³/mol. The molecule has 0 bridgehead atoms. The van der Waals surface area contributed by atoms with Crippen molar-refractivity contribution in [2.24, 2.45) is 5.92 Å². The summed E-state index contributed by atoms with van der Waals surface area (Å²) in [7, 11) is 1.69. The quantitative estimate of drug-likeness (QED) is 0.734. The molecule has 0 aliphatic carbocycles. The first-order valence-corrected chi connectivity index (χ1v) is 6.68. The molecular weight excluding hydrogens is 253 g/mol. The maximum Gasteiger partial charge on any atom is 0.123 e. The molecular formula is C14H21ClFNO. The van der Waals surface area contributed by atoms with Gasteiger partial charge in [0.1, 0.15) is 5.82 Å². The Bertz CT molecular complexity index is 360. The molecule has 1 unspecified atom stereocenters. The number of halogens is 2. The van der Waals surface area contributed by atoms with E-state index in [2.05, 4.69) is 12.2 Å². The van der Waals surface area contributed by atoms with Gasteiger partial charge < -0.3 is 10.1 Å². The van der Waals surface area contributed by atoms with Crippen LogP contribution in [0.5, 0.6) is 0 Å². The van der Waals surface area contributed by atoms with E-state index in [0.717, 1.165) is 31.5 Å². The molecule has 1 N–H and O–H groups in total. The summed E-state index contributed by atoms with van der Waals surface area (Å²) in [6.45, 7) is 4.57.